The Labute approximate surface area is 175 Å². The van der Waals surface area contributed by atoms with Crippen LogP contribution in [-0.2, 0) is 27.2 Å². The lowest BCUT2D eigenvalue weighted by Gasteiger charge is -2.32. The molecule has 0 unspecified atom stereocenters. The third-order valence-corrected chi connectivity index (χ3v) is 6.17. The van der Waals surface area contributed by atoms with Gasteiger partial charge in [0.1, 0.15) is 6.61 Å². The molecule has 0 N–H and O–H groups in total. The van der Waals surface area contributed by atoms with E-state index < -0.39 is 0 Å². The fraction of sp³-hybridized carbons (Fsp3) is 0.696. The molecule has 2 aliphatic rings. The van der Waals surface area contributed by atoms with Gasteiger partial charge >= 0.3 is 0 Å². The fourth-order valence-electron chi connectivity index (χ4n) is 4.16. The van der Waals surface area contributed by atoms with Crippen LogP contribution in [0.2, 0.25) is 0 Å². The average Bonchev–Trinajstić information content (AvgIpc) is 2.75. The minimum atomic E-state index is 0.104. The lowest BCUT2D eigenvalue weighted by molar-refractivity contribution is -0.137. The fourth-order valence-corrected chi connectivity index (χ4v) is 4.16. The van der Waals surface area contributed by atoms with Gasteiger partial charge in [-0.2, -0.15) is 0 Å². The summed E-state index contributed by atoms with van der Waals surface area (Å²) in [6.07, 6.45) is 3.26. The van der Waals surface area contributed by atoms with Crippen molar-refractivity contribution in [3.05, 3.63) is 35.4 Å². The van der Waals surface area contributed by atoms with Gasteiger partial charge in [-0.15, -0.1) is 0 Å². The molecule has 6 nitrogen and oxygen atoms in total. The largest absolute Gasteiger partial charge is 0.382 e. The van der Waals surface area contributed by atoms with E-state index in [0.29, 0.717) is 19.1 Å². The summed E-state index contributed by atoms with van der Waals surface area (Å²) in [5.74, 6) is 0.768. The highest BCUT2D eigenvalue weighted by Crippen LogP contribution is 2.22. The number of rotatable bonds is 9. The standard InChI is InChI=1S/C23H37N3O3/c1-24-11-13-25(14-12-24)18-22-5-3-20(4-6-22)17-21-7-9-26(10-8-21)23(27)19-29-16-15-28-2/h3-6,21H,7-19H2,1-2H3. The number of amides is 1. The van der Waals surface area contributed by atoms with Crippen LogP contribution in [0.5, 0.6) is 0 Å². The van der Waals surface area contributed by atoms with Gasteiger partial charge in [-0.3, -0.25) is 9.69 Å². The molecule has 0 atom stereocenters. The number of piperazine rings is 1. The van der Waals surface area contributed by atoms with Crippen molar-refractivity contribution < 1.29 is 14.3 Å². The van der Waals surface area contributed by atoms with Crippen LogP contribution in [0.25, 0.3) is 0 Å². The Morgan fingerprint density at radius 2 is 1.62 bits per heavy atom. The van der Waals surface area contributed by atoms with Crippen LogP contribution in [0, 0.1) is 5.92 Å². The molecular formula is C23H37N3O3. The highest BCUT2D eigenvalue weighted by Gasteiger charge is 2.23. The summed E-state index contributed by atoms with van der Waals surface area (Å²) < 4.78 is 10.3. The Kier molecular flexibility index (Phi) is 8.92. The topological polar surface area (TPSA) is 45.3 Å². The van der Waals surface area contributed by atoms with Crippen molar-refractivity contribution >= 4 is 5.91 Å². The zero-order valence-corrected chi connectivity index (χ0v) is 18.1. The average molecular weight is 404 g/mol. The summed E-state index contributed by atoms with van der Waals surface area (Å²) in [7, 11) is 3.83. The number of carbonyl (C=O) groups is 1. The third-order valence-electron chi connectivity index (χ3n) is 6.17. The van der Waals surface area contributed by atoms with Gasteiger partial charge in [0, 0.05) is 52.9 Å². The Morgan fingerprint density at radius 1 is 0.966 bits per heavy atom. The van der Waals surface area contributed by atoms with Crippen molar-refractivity contribution in [2.24, 2.45) is 5.92 Å². The van der Waals surface area contributed by atoms with E-state index >= 15 is 0 Å². The summed E-state index contributed by atoms with van der Waals surface area (Å²) in [5.41, 5.74) is 2.83. The predicted molar refractivity (Wildman–Crippen MR) is 115 cm³/mol. The zero-order chi connectivity index (χ0) is 20.5. The van der Waals surface area contributed by atoms with Gasteiger partial charge in [0.2, 0.25) is 5.91 Å². The van der Waals surface area contributed by atoms with Gasteiger partial charge < -0.3 is 19.3 Å². The molecule has 6 heteroatoms. The van der Waals surface area contributed by atoms with Crippen LogP contribution in [0.1, 0.15) is 24.0 Å². The number of hydrogen-bond donors (Lipinski definition) is 0. The molecule has 3 rings (SSSR count). The number of nitrogens with zero attached hydrogens (tertiary/aromatic N) is 3. The molecule has 0 spiro atoms. The molecule has 0 aromatic heterocycles. The first-order chi connectivity index (χ1) is 14.1. The quantitative estimate of drug-likeness (QED) is 0.589. The molecule has 2 aliphatic heterocycles. The molecule has 2 heterocycles. The number of ether oxygens (including phenoxy) is 2. The molecule has 1 aromatic carbocycles. The van der Waals surface area contributed by atoms with E-state index in [9.17, 15) is 4.79 Å². The molecule has 0 radical (unpaired) electrons. The van der Waals surface area contributed by atoms with E-state index in [1.54, 1.807) is 7.11 Å². The lowest BCUT2D eigenvalue weighted by atomic mass is 9.90. The first kappa shape index (κ1) is 22.2. The van der Waals surface area contributed by atoms with E-state index in [1.807, 2.05) is 4.90 Å². The highest BCUT2D eigenvalue weighted by atomic mass is 16.5. The summed E-state index contributed by atoms with van der Waals surface area (Å²) in [6, 6.07) is 9.19. The van der Waals surface area contributed by atoms with Crippen molar-refractivity contribution in [2.45, 2.75) is 25.8 Å². The molecule has 2 fully saturated rings. The van der Waals surface area contributed by atoms with Crippen molar-refractivity contribution in [1.29, 1.82) is 0 Å². The third kappa shape index (κ3) is 7.37. The molecule has 0 bridgehead atoms. The van der Waals surface area contributed by atoms with Crippen LogP contribution in [0.4, 0.5) is 0 Å². The van der Waals surface area contributed by atoms with Gasteiger partial charge in [-0.25, -0.2) is 0 Å². The van der Waals surface area contributed by atoms with Crippen molar-refractivity contribution in [3.8, 4) is 0 Å². The van der Waals surface area contributed by atoms with Crippen LogP contribution in [-0.4, -0.2) is 93.9 Å². The van der Waals surface area contributed by atoms with Gasteiger partial charge in [0.15, 0.2) is 0 Å². The van der Waals surface area contributed by atoms with E-state index in [-0.39, 0.29) is 12.5 Å². The van der Waals surface area contributed by atoms with Gasteiger partial charge in [0.05, 0.1) is 13.2 Å². The maximum atomic E-state index is 12.2. The second-order valence-corrected chi connectivity index (χ2v) is 8.47. The zero-order valence-electron chi connectivity index (χ0n) is 18.1. The van der Waals surface area contributed by atoms with Gasteiger partial charge in [-0.1, -0.05) is 24.3 Å². The van der Waals surface area contributed by atoms with E-state index in [1.165, 1.54) is 24.2 Å². The van der Waals surface area contributed by atoms with Crippen LogP contribution in [0.15, 0.2) is 24.3 Å². The maximum Gasteiger partial charge on any atom is 0.248 e. The summed E-state index contributed by atoms with van der Waals surface area (Å²) in [4.78, 5) is 19.1. The Morgan fingerprint density at radius 3 is 2.28 bits per heavy atom. The van der Waals surface area contributed by atoms with Gasteiger partial charge in [0.25, 0.3) is 0 Å². The molecule has 0 saturated carbocycles. The lowest BCUT2D eigenvalue weighted by Crippen LogP contribution is -2.43. The molecular weight excluding hydrogens is 366 g/mol. The SMILES string of the molecule is COCCOCC(=O)N1CCC(Cc2ccc(CN3CCN(C)CC3)cc2)CC1. The van der Waals surface area contributed by atoms with Crippen LogP contribution < -0.4 is 0 Å². The molecule has 2 saturated heterocycles. The van der Waals surface area contributed by atoms with Crippen LogP contribution in [0.3, 0.4) is 0 Å². The second-order valence-electron chi connectivity index (χ2n) is 8.47. The Balaban J connectivity index is 1.36. The summed E-state index contributed by atoms with van der Waals surface area (Å²) in [6.45, 7) is 8.57. The minimum Gasteiger partial charge on any atom is -0.382 e. The minimum absolute atomic E-state index is 0.104. The van der Waals surface area contributed by atoms with Crippen molar-refractivity contribution in [1.82, 2.24) is 14.7 Å². The van der Waals surface area contributed by atoms with E-state index in [0.717, 1.165) is 52.0 Å². The molecule has 29 heavy (non-hydrogen) atoms. The predicted octanol–water partition coefficient (Wildman–Crippen LogP) is 1.88. The number of likely N-dealkylation sites (tertiary alicyclic amines) is 1. The number of likely N-dealkylation sites (N-methyl/N-ethyl adjacent to an activating group) is 1. The Bertz CT molecular complexity index is 606. The first-order valence-electron chi connectivity index (χ1n) is 11.0. The monoisotopic (exact) mass is 403 g/mol. The highest BCUT2D eigenvalue weighted by molar-refractivity contribution is 5.77. The summed E-state index contributed by atoms with van der Waals surface area (Å²) in [5, 5.41) is 0. The normalized spacial score (nSPS) is 19.6. The van der Waals surface area contributed by atoms with E-state index in [4.69, 9.17) is 9.47 Å². The Hall–Kier alpha value is -1.47. The number of benzene rings is 1. The molecule has 0 aliphatic carbocycles. The molecule has 1 amide bonds. The first-order valence-corrected chi connectivity index (χ1v) is 11.0. The number of hydrogen-bond acceptors (Lipinski definition) is 5. The van der Waals surface area contributed by atoms with Crippen molar-refractivity contribution in [2.75, 3.05) is 73.2 Å². The van der Waals surface area contributed by atoms with Crippen molar-refractivity contribution in [3.63, 3.8) is 0 Å². The van der Waals surface area contributed by atoms with Gasteiger partial charge in [-0.05, 0) is 43.4 Å². The summed E-state index contributed by atoms with van der Waals surface area (Å²) >= 11 is 0. The second kappa shape index (κ2) is 11.6. The molecule has 1 aromatic rings. The number of methoxy groups -OCH3 is 1. The smallest absolute Gasteiger partial charge is 0.248 e. The number of carbonyl (C=O) groups excluding carboxylic acids is 1. The van der Waals surface area contributed by atoms with E-state index in [2.05, 4.69) is 41.1 Å². The number of piperidine rings is 1. The van der Waals surface area contributed by atoms with Crippen LogP contribution >= 0.6 is 0 Å². The molecule has 162 valence electrons. The maximum absolute atomic E-state index is 12.2.